The smallest absolute Gasteiger partial charge is 0.0594 e. The molecule has 1 heterocycles. The molecule has 0 aromatic rings. The molecule has 0 radical (unpaired) electrons. The minimum Gasteiger partial charge on any atom is -0.379 e. The summed E-state index contributed by atoms with van der Waals surface area (Å²) < 4.78 is 5.42. The summed E-state index contributed by atoms with van der Waals surface area (Å²) in [5, 5.41) is 0. The van der Waals surface area contributed by atoms with Crippen molar-refractivity contribution >= 4 is 12.4 Å². The van der Waals surface area contributed by atoms with Crippen LogP contribution < -0.4 is 5.73 Å². The molecule has 1 fully saturated rings. The van der Waals surface area contributed by atoms with Crippen LogP contribution in [0.4, 0.5) is 0 Å². The average Bonchev–Trinajstić information content (AvgIpc) is 2.55. The Morgan fingerprint density at radius 3 is 2.67 bits per heavy atom. The molecule has 4 heteroatoms. The first-order chi connectivity index (χ1) is 6.79. The summed E-state index contributed by atoms with van der Waals surface area (Å²) in [7, 11) is 0. The fourth-order valence-electron chi connectivity index (χ4n) is 2.32. The highest BCUT2D eigenvalue weighted by molar-refractivity contribution is 5.85. The Morgan fingerprint density at radius 2 is 2.07 bits per heavy atom. The van der Waals surface area contributed by atoms with Gasteiger partial charge in [0.2, 0.25) is 0 Å². The summed E-state index contributed by atoms with van der Waals surface area (Å²) >= 11 is 0. The minimum atomic E-state index is 0. The van der Waals surface area contributed by atoms with Gasteiger partial charge >= 0.3 is 0 Å². The summed E-state index contributed by atoms with van der Waals surface area (Å²) in [5.74, 6) is 0. The van der Waals surface area contributed by atoms with Crippen molar-refractivity contribution in [3.05, 3.63) is 0 Å². The zero-order valence-corrected chi connectivity index (χ0v) is 10.8. The Morgan fingerprint density at radius 1 is 1.33 bits per heavy atom. The molecule has 3 nitrogen and oxygen atoms in total. The van der Waals surface area contributed by atoms with Crippen molar-refractivity contribution < 1.29 is 4.74 Å². The van der Waals surface area contributed by atoms with Crippen molar-refractivity contribution in [2.24, 2.45) is 5.73 Å². The molecule has 1 rings (SSSR count). The molecule has 0 bridgehead atoms. The first-order valence-corrected chi connectivity index (χ1v) is 5.83. The molecule has 2 unspecified atom stereocenters. The van der Waals surface area contributed by atoms with E-state index < -0.39 is 0 Å². The molecule has 2 atom stereocenters. The molecule has 1 aliphatic heterocycles. The maximum Gasteiger partial charge on any atom is 0.0594 e. The summed E-state index contributed by atoms with van der Waals surface area (Å²) in [6.07, 6.45) is 3.96. The monoisotopic (exact) mass is 236 g/mol. The lowest BCUT2D eigenvalue weighted by Gasteiger charge is -2.27. The molecule has 1 saturated heterocycles. The van der Waals surface area contributed by atoms with Crippen LogP contribution in [0.25, 0.3) is 0 Å². The molecule has 0 aliphatic carbocycles. The highest BCUT2D eigenvalue weighted by Crippen LogP contribution is 2.25. The Bertz CT molecular complexity index is 158. The first-order valence-electron chi connectivity index (χ1n) is 5.83. The number of rotatable bonds is 6. The number of hydrogen-bond donors (Lipinski definition) is 1. The van der Waals surface area contributed by atoms with Crippen molar-refractivity contribution in [1.82, 2.24) is 4.90 Å². The molecule has 0 spiro atoms. The van der Waals surface area contributed by atoms with E-state index in [0.717, 1.165) is 25.2 Å². The molecule has 0 aromatic heterocycles. The van der Waals surface area contributed by atoms with E-state index in [4.69, 9.17) is 10.5 Å². The van der Waals surface area contributed by atoms with E-state index in [9.17, 15) is 0 Å². The summed E-state index contributed by atoms with van der Waals surface area (Å²) in [5.41, 5.74) is 5.36. The molecule has 1 aliphatic rings. The van der Waals surface area contributed by atoms with Crippen LogP contribution >= 0.6 is 12.4 Å². The second-order valence-electron chi connectivity index (χ2n) is 4.13. The van der Waals surface area contributed by atoms with Gasteiger partial charge in [-0.25, -0.2) is 0 Å². The van der Waals surface area contributed by atoms with Crippen molar-refractivity contribution in [3.8, 4) is 0 Å². The van der Waals surface area contributed by atoms with Gasteiger partial charge in [-0.2, -0.15) is 0 Å². The summed E-state index contributed by atoms with van der Waals surface area (Å²) in [4.78, 5) is 2.58. The van der Waals surface area contributed by atoms with Gasteiger partial charge in [0.25, 0.3) is 0 Å². The van der Waals surface area contributed by atoms with Crippen LogP contribution in [0.2, 0.25) is 0 Å². The number of halogens is 1. The van der Waals surface area contributed by atoms with Crippen LogP contribution in [0, 0.1) is 0 Å². The lowest BCUT2D eigenvalue weighted by molar-refractivity contribution is 0.0903. The molecular formula is C11H25ClN2O. The SMILES string of the molecule is CCC1CCC(C)N1CCOCCN.Cl. The molecule has 0 aromatic carbocycles. The second kappa shape index (κ2) is 8.34. The number of nitrogens with zero attached hydrogens (tertiary/aromatic N) is 1. The van der Waals surface area contributed by atoms with Crippen molar-refractivity contribution in [3.63, 3.8) is 0 Å². The summed E-state index contributed by atoms with van der Waals surface area (Å²) in [6, 6.07) is 1.52. The van der Waals surface area contributed by atoms with Crippen molar-refractivity contribution in [1.29, 1.82) is 0 Å². The molecule has 2 N–H and O–H groups in total. The van der Waals surface area contributed by atoms with Crippen LogP contribution in [0.15, 0.2) is 0 Å². The quantitative estimate of drug-likeness (QED) is 0.713. The van der Waals surface area contributed by atoms with Gasteiger partial charge in [0, 0.05) is 25.2 Å². The van der Waals surface area contributed by atoms with Gasteiger partial charge < -0.3 is 10.5 Å². The number of hydrogen-bond acceptors (Lipinski definition) is 3. The van der Waals surface area contributed by atoms with E-state index in [1.165, 1.54) is 19.3 Å². The highest BCUT2D eigenvalue weighted by Gasteiger charge is 2.28. The predicted molar refractivity (Wildman–Crippen MR) is 66.6 cm³/mol. The molecular weight excluding hydrogens is 212 g/mol. The maximum atomic E-state index is 5.42. The molecule has 0 amide bonds. The number of nitrogens with two attached hydrogens (primary N) is 1. The third-order valence-electron chi connectivity index (χ3n) is 3.18. The lowest BCUT2D eigenvalue weighted by atomic mass is 10.2. The van der Waals surface area contributed by atoms with Crippen LogP contribution in [0.3, 0.4) is 0 Å². The van der Waals surface area contributed by atoms with Gasteiger partial charge in [0.15, 0.2) is 0 Å². The third kappa shape index (κ3) is 4.68. The highest BCUT2D eigenvalue weighted by atomic mass is 35.5. The van der Waals surface area contributed by atoms with Crippen molar-refractivity contribution in [2.75, 3.05) is 26.3 Å². The van der Waals surface area contributed by atoms with Gasteiger partial charge in [-0.15, -0.1) is 12.4 Å². The van der Waals surface area contributed by atoms with Gasteiger partial charge in [-0.05, 0) is 26.2 Å². The zero-order valence-electron chi connectivity index (χ0n) is 9.95. The standard InChI is InChI=1S/C11H24N2O.ClH/c1-3-11-5-4-10(2)13(11)7-9-14-8-6-12;/h10-11H,3-9,12H2,1-2H3;1H. The fraction of sp³-hybridized carbons (Fsp3) is 1.00. The lowest BCUT2D eigenvalue weighted by Crippen LogP contribution is -2.37. The van der Waals surface area contributed by atoms with Crippen LogP contribution in [-0.4, -0.2) is 43.3 Å². The van der Waals surface area contributed by atoms with E-state index in [-0.39, 0.29) is 12.4 Å². The van der Waals surface area contributed by atoms with Gasteiger partial charge in [-0.3, -0.25) is 4.90 Å². The van der Waals surface area contributed by atoms with Gasteiger partial charge in [0.1, 0.15) is 0 Å². The zero-order chi connectivity index (χ0) is 10.4. The Hall–Kier alpha value is 0.170. The predicted octanol–water partition coefficient (Wildman–Crippen LogP) is 1.65. The summed E-state index contributed by atoms with van der Waals surface area (Å²) in [6.45, 7) is 7.82. The molecule has 92 valence electrons. The topological polar surface area (TPSA) is 38.5 Å². The average molecular weight is 237 g/mol. The normalized spacial score (nSPS) is 26.6. The van der Waals surface area contributed by atoms with E-state index in [2.05, 4.69) is 18.7 Å². The molecule has 15 heavy (non-hydrogen) atoms. The van der Waals surface area contributed by atoms with Crippen molar-refractivity contribution in [2.45, 2.75) is 45.2 Å². The van der Waals surface area contributed by atoms with Crippen LogP contribution in [0.1, 0.15) is 33.1 Å². The Kier molecular flexibility index (Phi) is 8.43. The maximum absolute atomic E-state index is 5.42. The Balaban J connectivity index is 0.00000196. The van der Waals surface area contributed by atoms with Gasteiger partial charge in [-0.1, -0.05) is 6.92 Å². The van der Waals surface area contributed by atoms with Crippen LogP contribution in [-0.2, 0) is 4.74 Å². The largest absolute Gasteiger partial charge is 0.379 e. The fourth-order valence-corrected chi connectivity index (χ4v) is 2.32. The second-order valence-corrected chi connectivity index (χ2v) is 4.13. The van der Waals surface area contributed by atoms with E-state index >= 15 is 0 Å². The number of ether oxygens (including phenoxy) is 1. The van der Waals surface area contributed by atoms with Crippen LogP contribution in [0.5, 0.6) is 0 Å². The van der Waals surface area contributed by atoms with Gasteiger partial charge in [0.05, 0.1) is 13.2 Å². The molecule has 0 saturated carbocycles. The van der Waals surface area contributed by atoms with E-state index in [1.54, 1.807) is 0 Å². The minimum absolute atomic E-state index is 0. The van der Waals surface area contributed by atoms with E-state index in [0.29, 0.717) is 13.2 Å². The first kappa shape index (κ1) is 15.2. The van der Waals surface area contributed by atoms with E-state index in [1.807, 2.05) is 0 Å². The Labute approximate surface area is 99.7 Å². The third-order valence-corrected chi connectivity index (χ3v) is 3.18. The number of likely N-dealkylation sites (tertiary alicyclic amines) is 1.